The summed E-state index contributed by atoms with van der Waals surface area (Å²) in [5, 5.41) is 5.58. The summed E-state index contributed by atoms with van der Waals surface area (Å²) in [4.78, 5) is 26.1. The third-order valence-corrected chi connectivity index (χ3v) is 7.93. The summed E-state index contributed by atoms with van der Waals surface area (Å²) in [6.45, 7) is 1.24. The Balaban J connectivity index is 1.58. The van der Waals surface area contributed by atoms with E-state index in [1.807, 2.05) is 37.3 Å². The average Bonchev–Trinajstić information content (AvgIpc) is 2.97. The molecule has 0 radical (unpaired) electrons. The number of para-hydroxylation sites is 1. The summed E-state index contributed by atoms with van der Waals surface area (Å²) in [6, 6.07) is 26.0. The van der Waals surface area contributed by atoms with E-state index in [-0.39, 0.29) is 27.9 Å². The molecule has 0 heterocycles. The van der Waals surface area contributed by atoms with Crippen LogP contribution in [0, 0.1) is 5.82 Å². The first-order chi connectivity index (χ1) is 19.2. The Kier molecular flexibility index (Phi) is 8.80. The number of methoxy groups -OCH3 is 1. The van der Waals surface area contributed by atoms with E-state index in [4.69, 9.17) is 4.74 Å². The van der Waals surface area contributed by atoms with Crippen LogP contribution in [0.5, 0.6) is 5.75 Å². The Hall–Kier alpha value is -4.70. The number of carbonyl (C=O) groups is 2. The first-order valence-electron chi connectivity index (χ1n) is 12.4. The van der Waals surface area contributed by atoms with Gasteiger partial charge in [0.15, 0.2) is 0 Å². The molecule has 0 aliphatic rings. The van der Waals surface area contributed by atoms with E-state index in [9.17, 15) is 22.4 Å². The lowest BCUT2D eigenvalue weighted by atomic mass is 10.1. The van der Waals surface area contributed by atoms with Crippen LogP contribution in [-0.2, 0) is 14.8 Å². The number of carbonyl (C=O) groups excluding carboxylic acids is 2. The second-order valence-electron chi connectivity index (χ2n) is 8.86. The van der Waals surface area contributed by atoms with Crippen molar-refractivity contribution >= 4 is 33.2 Å². The lowest BCUT2D eigenvalue weighted by Gasteiger charge is -2.24. The molecule has 2 N–H and O–H groups in total. The summed E-state index contributed by atoms with van der Waals surface area (Å²) in [5.74, 6) is -1.18. The molecule has 0 aromatic heterocycles. The van der Waals surface area contributed by atoms with Crippen molar-refractivity contribution in [2.24, 2.45) is 0 Å². The van der Waals surface area contributed by atoms with Gasteiger partial charge in [-0.2, -0.15) is 0 Å². The Morgan fingerprint density at radius 2 is 1.50 bits per heavy atom. The highest BCUT2D eigenvalue weighted by Crippen LogP contribution is 2.26. The summed E-state index contributed by atoms with van der Waals surface area (Å²) in [7, 11) is -2.79. The van der Waals surface area contributed by atoms with Crippen molar-refractivity contribution in [1.29, 1.82) is 0 Å². The van der Waals surface area contributed by atoms with Crippen LogP contribution in [0.4, 0.5) is 15.8 Å². The predicted molar refractivity (Wildman–Crippen MR) is 151 cm³/mol. The van der Waals surface area contributed by atoms with Crippen molar-refractivity contribution < 1.29 is 27.1 Å². The van der Waals surface area contributed by atoms with E-state index >= 15 is 0 Å². The fourth-order valence-corrected chi connectivity index (χ4v) is 5.43. The Bertz CT molecular complexity index is 1580. The average molecular weight is 562 g/mol. The summed E-state index contributed by atoms with van der Waals surface area (Å²) >= 11 is 0. The van der Waals surface area contributed by atoms with Crippen molar-refractivity contribution in [2.75, 3.05) is 23.3 Å². The maximum absolute atomic E-state index is 13.5. The molecular weight excluding hydrogens is 533 g/mol. The van der Waals surface area contributed by atoms with E-state index in [1.165, 1.54) is 19.2 Å². The zero-order valence-corrected chi connectivity index (χ0v) is 22.7. The number of rotatable bonds is 10. The zero-order chi connectivity index (χ0) is 28.7. The van der Waals surface area contributed by atoms with Crippen LogP contribution in [0.3, 0.4) is 0 Å². The molecule has 4 rings (SSSR count). The first kappa shape index (κ1) is 28.3. The van der Waals surface area contributed by atoms with Gasteiger partial charge in [-0.3, -0.25) is 13.9 Å². The van der Waals surface area contributed by atoms with Crippen LogP contribution >= 0.6 is 0 Å². The number of nitrogens with zero attached hydrogens (tertiary/aromatic N) is 1. The van der Waals surface area contributed by atoms with Crippen LogP contribution in [0.2, 0.25) is 0 Å². The van der Waals surface area contributed by atoms with Crippen LogP contribution in [-0.4, -0.2) is 33.9 Å². The highest BCUT2D eigenvalue weighted by molar-refractivity contribution is 7.92. The van der Waals surface area contributed by atoms with Crippen molar-refractivity contribution in [3.05, 3.63) is 120 Å². The standard InChI is InChI=1S/C30H28FN3O5S/c1-21(22-8-4-3-5-9-22)32-30(36)27-10-6-7-11-28(27)33-29(35)20-34(24-14-16-25(39-2)17-15-24)40(37,38)26-18-12-23(31)13-19-26/h3-19,21H,20H2,1-2H3,(H,32,36)(H,33,35)/t21-/m1/s1. The van der Waals surface area contributed by atoms with E-state index in [2.05, 4.69) is 10.6 Å². The van der Waals surface area contributed by atoms with Gasteiger partial charge in [-0.05, 0) is 73.2 Å². The van der Waals surface area contributed by atoms with Gasteiger partial charge < -0.3 is 15.4 Å². The summed E-state index contributed by atoms with van der Waals surface area (Å²) in [5.41, 5.74) is 1.55. The largest absolute Gasteiger partial charge is 0.497 e. The number of benzene rings is 4. The monoisotopic (exact) mass is 561 g/mol. The van der Waals surface area contributed by atoms with E-state index in [0.29, 0.717) is 5.75 Å². The van der Waals surface area contributed by atoms with Gasteiger partial charge in [0, 0.05) is 0 Å². The van der Waals surface area contributed by atoms with Crippen LogP contribution < -0.4 is 19.7 Å². The highest BCUT2D eigenvalue weighted by atomic mass is 32.2. The Labute approximate surface area is 232 Å². The number of anilines is 2. The van der Waals surface area contributed by atoms with Gasteiger partial charge in [0.25, 0.3) is 15.9 Å². The minimum Gasteiger partial charge on any atom is -0.497 e. The van der Waals surface area contributed by atoms with Gasteiger partial charge in [-0.1, -0.05) is 42.5 Å². The van der Waals surface area contributed by atoms with Gasteiger partial charge >= 0.3 is 0 Å². The third-order valence-electron chi connectivity index (χ3n) is 6.14. The molecule has 2 amide bonds. The topological polar surface area (TPSA) is 105 Å². The fraction of sp³-hybridized carbons (Fsp3) is 0.133. The van der Waals surface area contributed by atoms with Gasteiger partial charge in [-0.15, -0.1) is 0 Å². The van der Waals surface area contributed by atoms with Crippen molar-refractivity contribution in [3.63, 3.8) is 0 Å². The SMILES string of the molecule is COc1ccc(N(CC(=O)Nc2ccccc2C(=O)N[C@H](C)c2ccccc2)S(=O)(=O)c2ccc(F)cc2)cc1. The maximum atomic E-state index is 13.5. The molecular formula is C30H28FN3O5S. The van der Waals surface area contributed by atoms with E-state index in [0.717, 1.165) is 34.1 Å². The van der Waals surface area contributed by atoms with E-state index in [1.54, 1.807) is 36.4 Å². The Morgan fingerprint density at radius 3 is 2.15 bits per heavy atom. The highest BCUT2D eigenvalue weighted by Gasteiger charge is 2.28. The minimum absolute atomic E-state index is 0.188. The van der Waals surface area contributed by atoms with Crippen LogP contribution in [0.15, 0.2) is 108 Å². The molecule has 206 valence electrons. The number of hydrogen-bond acceptors (Lipinski definition) is 5. The number of hydrogen-bond donors (Lipinski definition) is 2. The number of nitrogens with one attached hydrogen (secondary N) is 2. The lowest BCUT2D eigenvalue weighted by Crippen LogP contribution is -2.38. The molecule has 0 fully saturated rings. The summed E-state index contributed by atoms with van der Waals surface area (Å²) in [6.07, 6.45) is 0. The smallest absolute Gasteiger partial charge is 0.264 e. The maximum Gasteiger partial charge on any atom is 0.264 e. The van der Waals surface area contributed by atoms with Gasteiger partial charge in [0.2, 0.25) is 5.91 Å². The first-order valence-corrected chi connectivity index (χ1v) is 13.8. The molecule has 4 aromatic rings. The molecule has 4 aromatic carbocycles. The molecule has 0 spiro atoms. The van der Waals surface area contributed by atoms with Gasteiger partial charge in [-0.25, -0.2) is 12.8 Å². The quantitative estimate of drug-likeness (QED) is 0.278. The number of amides is 2. The molecule has 0 saturated carbocycles. The molecule has 0 bridgehead atoms. The molecule has 0 aliphatic heterocycles. The van der Waals surface area contributed by atoms with Crippen LogP contribution in [0.25, 0.3) is 0 Å². The van der Waals surface area contributed by atoms with E-state index < -0.39 is 34.2 Å². The zero-order valence-electron chi connectivity index (χ0n) is 21.9. The molecule has 40 heavy (non-hydrogen) atoms. The third kappa shape index (κ3) is 6.65. The van der Waals surface area contributed by atoms with Crippen molar-refractivity contribution in [3.8, 4) is 5.75 Å². The second-order valence-corrected chi connectivity index (χ2v) is 10.7. The Morgan fingerprint density at radius 1 is 0.875 bits per heavy atom. The second kappa shape index (κ2) is 12.4. The van der Waals surface area contributed by atoms with Crippen LogP contribution in [0.1, 0.15) is 28.9 Å². The van der Waals surface area contributed by atoms with Crippen molar-refractivity contribution in [1.82, 2.24) is 5.32 Å². The van der Waals surface area contributed by atoms with Crippen molar-refractivity contribution in [2.45, 2.75) is 17.9 Å². The molecule has 0 unspecified atom stereocenters. The van der Waals surface area contributed by atoms with Gasteiger partial charge in [0.05, 0.1) is 35.0 Å². The predicted octanol–water partition coefficient (Wildman–Crippen LogP) is 5.16. The molecule has 1 atom stereocenters. The van der Waals surface area contributed by atoms with Gasteiger partial charge in [0.1, 0.15) is 18.1 Å². The molecule has 8 nitrogen and oxygen atoms in total. The minimum atomic E-state index is -4.27. The molecule has 0 aliphatic carbocycles. The normalized spacial score (nSPS) is 11.8. The molecule has 0 saturated heterocycles. The number of ether oxygens (including phenoxy) is 1. The lowest BCUT2D eigenvalue weighted by molar-refractivity contribution is -0.114. The number of sulfonamides is 1. The molecule has 10 heteroatoms. The fourth-order valence-electron chi connectivity index (χ4n) is 4.01. The number of halogens is 1. The summed E-state index contributed by atoms with van der Waals surface area (Å²) < 4.78 is 46.7.